The molecule has 0 aromatic heterocycles. The Balaban J connectivity index is 3.23. The zero-order valence-corrected chi connectivity index (χ0v) is 12.1. The molecule has 90 valence electrons. The highest BCUT2D eigenvalue weighted by Crippen LogP contribution is 2.31. The molecule has 8 heteroatoms. The monoisotopic (exact) mass is 372 g/mol. The molecule has 0 saturated heterocycles. The van der Waals surface area contributed by atoms with Gasteiger partial charge in [-0.15, -0.1) is 0 Å². The first-order valence-electron chi connectivity index (χ1n) is 4.23. The van der Waals surface area contributed by atoms with Gasteiger partial charge in [0.05, 0.1) is 12.3 Å². The van der Waals surface area contributed by atoms with Gasteiger partial charge in [0.25, 0.3) is 0 Å². The fraction of sp³-hybridized carbons (Fsp3) is 0.250. The zero-order valence-electron chi connectivity index (χ0n) is 8.07. The maximum atomic E-state index is 11.8. The largest absolute Gasteiger partial charge is 0.398 e. The summed E-state index contributed by atoms with van der Waals surface area (Å²) < 4.78 is 26.9. The molecule has 0 aliphatic heterocycles. The van der Waals surface area contributed by atoms with Crippen molar-refractivity contribution in [1.82, 2.24) is 4.72 Å². The normalized spacial score (nSPS) is 11.7. The van der Waals surface area contributed by atoms with Crippen LogP contribution in [0.25, 0.3) is 0 Å². The number of benzene rings is 1. The summed E-state index contributed by atoms with van der Waals surface area (Å²) in [6.45, 7) is -0.322. The Bertz CT molecular complexity index is 467. The molecule has 0 unspecified atom stereocenters. The van der Waals surface area contributed by atoms with Crippen molar-refractivity contribution in [3.63, 3.8) is 0 Å². The molecule has 0 heterocycles. The molecule has 0 aliphatic rings. The number of anilines is 1. The molecule has 0 spiro atoms. The fourth-order valence-corrected chi connectivity index (χ4v) is 4.20. The minimum absolute atomic E-state index is 0.0239. The second-order valence-corrected chi connectivity index (χ2v) is 6.40. The van der Waals surface area contributed by atoms with E-state index in [4.69, 9.17) is 10.8 Å². The fourth-order valence-electron chi connectivity index (χ4n) is 1.12. The van der Waals surface area contributed by atoms with Crippen LogP contribution in [0.4, 0.5) is 5.69 Å². The molecule has 1 aromatic carbocycles. The molecule has 0 amide bonds. The number of aliphatic hydroxyl groups excluding tert-OH is 1. The number of hydrogen-bond donors (Lipinski definition) is 3. The smallest absolute Gasteiger partial charge is 0.243 e. The van der Waals surface area contributed by atoms with Gasteiger partial charge in [-0.3, -0.25) is 0 Å². The van der Waals surface area contributed by atoms with Crippen LogP contribution in [0.1, 0.15) is 0 Å². The van der Waals surface area contributed by atoms with Crippen molar-refractivity contribution in [1.29, 1.82) is 0 Å². The van der Waals surface area contributed by atoms with Gasteiger partial charge in [-0.1, -0.05) is 15.9 Å². The second-order valence-electron chi connectivity index (χ2n) is 2.93. The highest BCUT2D eigenvalue weighted by molar-refractivity contribution is 9.11. The maximum Gasteiger partial charge on any atom is 0.243 e. The van der Waals surface area contributed by atoms with Crippen molar-refractivity contribution >= 4 is 47.6 Å². The van der Waals surface area contributed by atoms with Crippen LogP contribution in [0.15, 0.2) is 26.0 Å². The van der Waals surface area contributed by atoms with E-state index < -0.39 is 10.0 Å². The molecular formula is C8H10Br2N2O3S. The molecular weight excluding hydrogens is 364 g/mol. The Labute approximate surface area is 110 Å². The van der Waals surface area contributed by atoms with E-state index in [1.807, 2.05) is 0 Å². The van der Waals surface area contributed by atoms with E-state index in [0.717, 1.165) is 0 Å². The molecule has 0 saturated carbocycles. The summed E-state index contributed by atoms with van der Waals surface area (Å²) in [5, 5.41) is 8.58. The van der Waals surface area contributed by atoms with E-state index in [2.05, 4.69) is 36.6 Å². The third-order valence-corrected chi connectivity index (χ3v) is 4.63. The molecule has 0 aliphatic carbocycles. The zero-order chi connectivity index (χ0) is 12.3. The first kappa shape index (κ1) is 13.9. The predicted molar refractivity (Wildman–Crippen MR) is 68.5 cm³/mol. The number of nitrogen functional groups attached to an aromatic ring is 1. The number of halogens is 2. The summed E-state index contributed by atoms with van der Waals surface area (Å²) in [5.41, 5.74) is 5.77. The maximum absolute atomic E-state index is 11.8. The topological polar surface area (TPSA) is 92.4 Å². The summed E-state index contributed by atoms with van der Waals surface area (Å²) in [4.78, 5) is -0.0239. The van der Waals surface area contributed by atoms with Crippen molar-refractivity contribution in [3.8, 4) is 0 Å². The molecule has 0 atom stereocenters. The highest BCUT2D eigenvalue weighted by atomic mass is 79.9. The Kier molecular flexibility index (Phi) is 4.74. The summed E-state index contributed by atoms with van der Waals surface area (Å²) in [5.74, 6) is 0. The van der Waals surface area contributed by atoms with E-state index >= 15 is 0 Å². The SMILES string of the molecule is Nc1cc(Br)cc(Br)c1S(=O)(=O)NCCO. The van der Waals surface area contributed by atoms with Crippen LogP contribution in [0.2, 0.25) is 0 Å². The number of nitrogens with two attached hydrogens (primary N) is 1. The Hall–Kier alpha value is -0.150. The van der Waals surface area contributed by atoms with Crippen molar-refractivity contribution in [2.45, 2.75) is 4.90 Å². The van der Waals surface area contributed by atoms with E-state index in [9.17, 15) is 8.42 Å². The summed E-state index contributed by atoms with van der Waals surface area (Å²) >= 11 is 6.34. The van der Waals surface area contributed by atoms with E-state index in [1.165, 1.54) is 6.07 Å². The number of aliphatic hydroxyl groups is 1. The van der Waals surface area contributed by atoms with Crippen LogP contribution < -0.4 is 10.5 Å². The Morgan fingerprint density at radius 3 is 2.50 bits per heavy atom. The third-order valence-electron chi connectivity index (χ3n) is 1.71. The average molecular weight is 374 g/mol. The molecule has 5 nitrogen and oxygen atoms in total. The molecule has 4 N–H and O–H groups in total. The highest BCUT2D eigenvalue weighted by Gasteiger charge is 2.20. The quantitative estimate of drug-likeness (QED) is 0.688. The predicted octanol–water partition coefficient (Wildman–Crippen LogP) is 1.06. The van der Waals surface area contributed by atoms with Crippen LogP contribution in [0, 0.1) is 0 Å². The van der Waals surface area contributed by atoms with Gasteiger partial charge in [0, 0.05) is 15.5 Å². The number of rotatable bonds is 4. The molecule has 0 fully saturated rings. The summed E-state index contributed by atoms with van der Waals surface area (Å²) in [7, 11) is -3.70. The first-order chi connectivity index (χ1) is 7.38. The number of nitrogens with one attached hydrogen (secondary N) is 1. The van der Waals surface area contributed by atoms with Crippen LogP contribution in [-0.4, -0.2) is 26.7 Å². The van der Waals surface area contributed by atoms with Gasteiger partial charge in [-0.05, 0) is 28.1 Å². The molecule has 1 aromatic rings. The van der Waals surface area contributed by atoms with E-state index in [-0.39, 0.29) is 23.7 Å². The van der Waals surface area contributed by atoms with Gasteiger partial charge in [0.2, 0.25) is 10.0 Å². The van der Waals surface area contributed by atoms with Gasteiger partial charge in [0.1, 0.15) is 4.90 Å². The van der Waals surface area contributed by atoms with Gasteiger partial charge in [-0.2, -0.15) is 0 Å². The summed E-state index contributed by atoms with van der Waals surface area (Å²) in [6.07, 6.45) is 0. The lowest BCUT2D eigenvalue weighted by molar-refractivity contribution is 0.301. The van der Waals surface area contributed by atoms with Crippen LogP contribution in [0.5, 0.6) is 0 Å². The van der Waals surface area contributed by atoms with Crippen LogP contribution in [-0.2, 0) is 10.0 Å². The van der Waals surface area contributed by atoms with Crippen LogP contribution in [0.3, 0.4) is 0 Å². The minimum atomic E-state index is -3.70. The van der Waals surface area contributed by atoms with Gasteiger partial charge >= 0.3 is 0 Å². The minimum Gasteiger partial charge on any atom is -0.398 e. The Morgan fingerprint density at radius 1 is 1.38 bits per heavy atom. The lowest BCUT2D eigenvalue weighted by Crippen LogP contribution is -2.27. The average Bonchev–Trinajstić information content (AvgIpc) is 2.12. The van der Waals surface area contributed by atoms with Crippen molar-refractivity contribution in [2.24, 2.45) is 0 Å². The van der Waals surface area contributed by atoms with Gasteiger partial charge in [-0.25, -0.2) is 13.1 Å². The van der Waals surface area contributed by atoms with E-state index in [0.29, 0.717) is 8.95 Å². The standard InChI is InChI=1S/C8H10Br2N2O3S/c9-5-3-6(10)8(7(11)4-5)16(14,15)12-1-2-13/h3-4,12-13H,1-2,11H2. The third kappa shape index (κ3) is 3.17. The number of sulfonamides is 1. The lowest BCUT2D eigenvalue weighted by Gasteiger charge is -2.10. The van der Waals surface area contributed by atoms with Crippen molar-refractivity contribution < 1.29 is 13.5 Å². The van der Waals surface area contributed by atoms with Crippen LogP contribution >= 0.6 is 31.9 Å². The van der Waals surface area contributed by atoms with E-state index in [1.54, 1.807) is 6.07 Å². The second kappa shape index (κ2) is 5.46. The van der Waals surface area contributed by atoms with Crippen molar-refractivity contribution in [2.75, 3.05) is 18.9 Å². The van der Waals surface area contributed by atoms with Gasteiger partial charge in [0.15, 0.2) is 0 Å². The van der Waals surface area contributed by atoms with Gasteiger partial charge < -0.3 is 10.8 Å². The Morgan fingerprint density at radius 2 is 2.00 bits per heavy atom. The molecule has 1 rings (SSSR count). The molecule has 0 radical (unpaired) electrons. The lowest BCUT2D eigenvalue weighted by atomic mass is 10.3. The van der Waals surface area contributed by atoms with Crippen molar-refractivity contribution in [3.05, 3.63) is 21.1 Å². The summed E-state index contributed by atoms with van der Waals surface area (Å²) in [6, 6.07) is 3.09. The molecule has 0 bridgehead atoms. The molecule has 16 heavy (non-hydrogen) atoms. The number of hydrogen-bond acceptors (Lipinski definition) is 4. The first-order valence-corrected chi connectivity index (χ1v) is 7.30.